The van der Waals surface area contributed by atoms with E-state index in [2.05, 4.69) is 10.4 Å². The van der Waals surface area contributed by atoms with Crippen LogP contribution in [0.25, 0.3) is 5.69 Å². The maximum atomic E-state index is 15.4. The van der Waals surface area contributed by atoms with Gasteiger partial charge < -0.3 is 15.5 Å². The molecule has 4 rings (SSSR count). The number of alkyl halides is 3. The highest BCUT2D eigenvalue weighted by molar-refractivity contribution is 6.03. The van der Waals surface area contributed by atoms with Crippen LogP contribution in [-0.2, 0) is 12.7 Å². The third-order valence-corrected chi connectivity index (χ3v) is 5.52. The summed E-state index contributed by atoms with van der Waals surface area (Å²) in [5.74, 6) is -1.44. The fourth-order valence-corrected chi connectivity index (χ4v) is 3.71. The molecule has 0 aliphatic carbocycles. The molecule has 1 atom stereocenters. The number of nitrogens with one attached hydrogen (secondary N) is 1. The highest BCUT2D eigenvalue weighted by Crippen LogP contribution is 2.32. The van der Waals surface area contributed by atoms with E-state index in [0.29, 0.717) is 21.9 Å². The first kappa shape index (κ1) is 26.4. The predicted molar refractivity (Wildman–Crippen MR) is 128 cm³/mol. The Balaban J connectivity index is 1.69. The second-order valence-electron chi connectivity index (χ2n) is 8.15. The Morgan fingerprint density at radius 3 is 2.32 bits per heavy atom. The van der Waals surface area contributed by atoms with E-state index in [1.165, 1.54) is 48.5 Å². The van der Waals surface area contributed by atoms with Crippen LogP contribution in [0.5, 0.6) is 0 Å². The van der Waals surface area contributed by atoms with Crippen LogP contribution in [0.15, 0.2) is 84.9 Å². The molecule has 0 aliphatic heterocycles. The number of rotatable bonds is 7. The van der Waals surface area contributed by atoms with Gasteiger partial charge in [0.05, 0.1) is 11.4 Å². The molecule has 0 fully saturated rings. The molecule has 1 aromatic heterocycles. The molecule has 0 spiro atoms. The molecule has 2 amide bonds. The van der Waals surface area contributed by atoms with Crippen molar-refractivity contribution >= 4 is 17.7 Å². The van der Waals surface area contributed by atoms with E-state index in [-0.39, 0.29) is 28.6 Å². The van der Waals surface area contributed by atoms with E-state index in [0.717, 1.165) is 0 Å². The van der Waals surface area contributed by atoms with E-state index in [4.69, 9.17) is 5.11 Å². The molecule has 3 aromatic carbocycles. The van der Waals surface area contributed by atoms with Gasteiger partial charge in [-0.1, -0.05) is 59.1 Å². The van der Waals surface area contributed by atoms with Crippen LogP contribution in [0.3, 0.4) is 0 Å². The fourth-order valence-electron chi connectivity index (χ4n) is 3.71. The topological polar surface area (TPSA) is 108 Å². The van der Waals surface area contributed by atoms with Gasteiger partial charge in [-0.15, -0.1) is 5.12 Å². The van der Waals surface area contributed by atoms with Crippen molar-refractivity contribution in [3.63, 3.8) is 0 Å². The Kier molecular flexibility index (Phi) is 7.44. The minimum absolute atomic E-state index is 0.0183. The van der Waals surface area contributed by atoms with Gasteiger partial charge in [0.25, 0.3) is 0 Å². The van der Waals surface area contributed by atoms with Crippen molar-refractivity contribution < 1.29 is 37.5 Å². The standard InChI is InChI=1S/C26H20F4N4O4/c27-26(28,29)22-14-21(34(32-22)20-11-4-6-16(12-20)15-31-25(37)38)24(36)33(30)19-10-5-9-18(13-19)23(35)17-7-2-1-3-8-17/h1-14,23,31,35H,15H2,(H,37,38). The fraction of sp³-hybridized carbons (Fsp3) is 0.115. The summed E-state index contributed by atoms with van der Waals surface area (Å²) in [4.78, 5) is 23.9. The lowest BCUT2D eigenvalue weighted by Gasteiger charge is -2.16. The zero-order valence-corrected chi connectivity index (χ0v) is 19.4. The predicted octanol–water partition coefficient (Wildman–Crippen LogP) is 5.27. The van der Waals surface area contributed by atoms with Crippen molar-refractivity contribution in [2.75, 3.05) is 5.12 Å². The zero-order chi connectivity index (χ0) is 27.4. The van der Waals surface area contributed by atoms with Crippen molar-refractivity contribution in [2.45, 2.75) is 18.8 Å². The molecule has 0 aliphatic rings. The number of aliphatic hydroxyl groups is 1. The van der Waals surface area contributed by atoms with Gasteiger partial charge in [-0.3, -0.25) is 4.79 Å². The van der Waals surface area contributed by atoms with Crippen molar-refractivity contribution in [1.29, 1.82) is 0 Å². The monoisotopic (exact) mass is 528 g/mol. The zero-order valence-electron chi connectivity index (χ0n) is 19.4. The summed E-state index contributed by atoms with van der Waals surface area (Å²) in [6.07, 6.45) is -7.37. The van der Waals surface area contributed by atoms with Crippen LogP contribution in [0.1, 0.15) is 39.0 Å². The Bertz CT molecular complexity index is 1460. The summed E-state index contributed by atoms with van der Waals surface area (Å²) in [5.41, 5.74) is -1.34. The number of benzene rings is 3. The maximum absolute atomic E-state index is 15.4. The Hall–Kier alpha value is -4.71. The molecule has 38 heavy (non-hydrogen) atoms. The summed E-state index contributed by atoms with van der Waals surface area (Å²) in [6, 6.07) is 19.9. The van der Waals surface area contributed by atoms with Crippen LogP contribution in [0.2, 0.25) is 0 Å². The Morgan fingerprint density at radius 2 is 1.63 bits per heavy atom. The molecular formula is C26H20F4N4O4. The maximum Gasteiger partial charge on any atom is 0.435 e. The molecule has 1 unspecified atom stereocenters. The molecule has 0 bridgehead atoms. The molecule has 3 N–H and O–H groups in total. The number of carbonyl (C=O) groups is 2. The molecule has 8 nitrogen and oxygen atoms in total. The number of aromatic nitrogens is 2. The molecule has 0 saturated heterocycles. The van der Waals surface area contributed by atoms with E-state index in [9.17, 15) is 27.9 Å². The Morgan fingerprint density at radius 1 is 0.947 bits per heavy atom. The van der Waals surface area contributed by atoms with Crippen LogP contribution < -0.4 is 10.4 Å². The average Bonchev–Trinajstić information content (AvgIpc) is 3.38. The van der Waals surface area contributed by atoms with Crippen molar-refractivity contribution in [2.24, 2.45) is 0 Å². The summed E-state index contributed by atoms with van der Waals surface area (Å²) in [5, 5.41) is 24.7. The van der Waals surface area contributed by atoms with Gasteiger partial charge >= 0.3 is 18.2 Å². The van der Waals surface area contributed by atoms with E-state index >= 15 is 4.48 Å². The first-order valence-electron chi connectivity index (χ1n) is 11.1. The first-order chi connectivity index (χ1) is 18.0. The number of aliphatic hydroxyl groups excluding tert-OH is 1. The third kappa shape index (κ3) is 5.81. The number of amides is 2. The van der Waals surface area contributed by atoms with Crippen LogP contribution in [0.4, 0.5) is 28.1 Å². The minimum atomic E-state index is -4.93. The summed E-state index contributed by atoms with van der Waals surface area (Å²) in [6.45, 7) is -0.161. The summed E-state index contributed by atoms with van der Waals surface area (Å²) in [7, 11) is 0. The van der Waals surface area contributed by atoms with Crippen molar-refractivity contribution in [3.8, 4) is 5.69 Å². The second kappa shape index (κ2) is 10.7. The normalized spacial score (nSPS) is 12.1. The molecule has 1 heterocycles. The van der Waals surface area contributed by atoms with E-state index < -0.39 is 35.7 Å². The lowest BCUT2D eigenvalue weighted by atomic mass is 10.0. The smallest absolute Gasteiger partial charge is 0.435 e. The number of carboxylic acid groups (broad SMARTS) is 1. The number of hydrogen-bond acceptors (Lipinski definition) is 4. The average molecular weight is 528 g/mol. The lowest BCUT2D eigenvalue weighted by Crippen LogP contribution is -2.25. The van der Waals surface area contributed by atoms with Gasteiger partial charge in [0.15, 0.2) is 5.69 Å². The molecule has 196 valence electrons. The second-order valence-corrected chi connectivity index (χ2v) is 8.15. The molecule has 4 aromatic rings. The molecule has 0 saturated carbocycles. The summed E-state index contributed by atoms with van der Waals surface area (Å²) >= 11 is 0. The number of anilines is 1. The van der Waals surface area contributed by atoms with E-state index in [1.807, 2.05) is 0 Å². The van der Waals surface area contributed by atoms with Gasteiger partial charge in [0, 0.05) is 12.6 Å². The largest absolute Gasteiger partial charge is 0.465 e. The highest BCUT2D eigenvalue weighted by atomic mass is 19.4. The number of carbonyl (C=O) groups excluding carboxylic acids is 1. The molecule has 12 heteroatoms. The van der Waals surface area contributed by atoms with Gasteiger partial charge in [-0.2, -0.15) is 18.3 Å². The number of halogens is 4. The van der Waals surface area contributed by atoms with Gasteiger partial charge in [0.2, 0.25) is 0 Å². The van der Waals surface area contributed by atoms with Crippen LogP contribution in [0, 0.1) is 0 Å². The van der Waals surface area contributed by atoms with Crippen LogP contribution in [-0.4, -0.2) is 32.0 Å². The number of nitrogens with zero attached hydrogens (tertiary/aromatic N) is 3. The van der Waals surface area contributed by atoms with Gasteiger partial charge in [0.1, 0.15) is 11.8 Å². The SMILES string of the molecule is O=C(O)NCc1cccc(-n2nc(C(F)(F)F)cc2C(=O)N(F)c2cccc(C(O)c3ccccc3)c2)c1. The molecular weight excluding hydrogens is 508 g/mol. The third-order valence-electron chi connectivity index (χ3n) is 5.52. The highest BCUT2D eigenvalue weighted by Gasteiger charge is 2.37. The summed E-state index contributed by atoms with van der Waals surface area (Å²) < 4.78 is 56.4. The van der Waals surface area contributed by atoms with E-state index in [1.54, 1.807) is 30.3 Å². The van der Waals surface area contributed by atoms with Crippen molar-refractivity contribution in [3.05, 3.63) is 113 Å². The van der Waals surface area contributed by atoms with Gasteiger partial charge in [-0.25, -0.2) is 9.48 Å². The molecule has 0 radical (unpaired) electrons. The lowest BCUT2D eigenvalue weighted by molar-refractivity contribution is -0.141. The number of hydrogen-bond donors (Lipinski definition) is 3. The minimum Gasteiger partial charge on any atom is -0.465 e. The van der Waals surface area contributed by atoms with Crippen molar-refractivity contribution in [1.82, 2.24) is 15.1 Å². The van der Waals surface area contributed by atoms with Gasteiger partial charge in [-0.05, 0) is 41.0 Å². The first-order valence-corrected chi connectivity index (χ1v) is 11.1. The Labute approximate surface area is 213 Å². The van der Waals surface area contributed by atoms with Crippen LogP contribution >= 0.6 is 0 Å². The quantitative estimate of drug-likeness (QED) is 0.224.